The van der Waals surface area contributed by atoms with Crippen LogP contribution in [-0.2, 0) is 0 Å². The minimum atomic E-state index is -0.0661. The molecule has 7 nitrogen and oxygen atoms in total. The van der Waals surface area contributed by atoms with Crippen LogP contribution in [0.4, 0.5) is 0 Å². The lowest BCUT2D eigenvalue weighted by Gasteiger charge is -2.33. The highest BCUT2D eigenvalue weighted by Crippen LogP contribution is 2.44. The third kappa shape index (κ3) is 4.57. The smallest absolute Gasteiger partial charge is 0.203 e. The van der Waals surface area contributed by atoms with Crippen molar-refractivity contribution in [3.05, 3.63) is 41.5 Å². The van der Waals surface area contributed by atoms with Crippen LogP contribution in [0.25, 0.3) is 0 Å². The van der Waals surface area contributed by atoms with E-state index in [2.05, 4.69) is 10.2 Å². The predicted octanol–water partition coefficient (Wildman–Crippen LogP) is 3.11. The zero-order valence-corrected chi connectivity index (χ0v) is 18.5. The van der Waals surface area contributed by atoms with E-state index in [0.29, 0.717) is 17.2 Å². The van der Waals surface area contributed by atoms with E-state index in [1.807, 2.05) is 30.3 Å². The van der Waals surface area contributed by atoms with E-state index >= 15 is 0 Å². The summed E-state index contributed by atoms with van der Waals surface area (Å²) in [5.41, 5.74) is 2.07. The molecule has 30 heavy (non-hydrogen) atoms. The van der Waals surface area contributed by atoms with Gasteiger partial charge in [0.1, 0.15) is 11.5 Å². The lowest BCUT2D eigenvalue weighted by molar-refractivity contribution is 0.234. The van der Waals surface area contributed by atoms with Gasteiger partial charge in [-0.05, 0) is 48.9 Å². The highest BCUT2D eigenvalue weighted by molar-refractivity contribution is 5.57. The summed E-state index contributed by atoms with van der Waals surface area (Å²) in [6.45, 7) is 3.79. The van der Waals surface area contributed by atoms with E-state index in [9.17, 15) is 0 Å². The van der Waals surface area contributed by atoms with Crippen LogP contribution >= 0.6 is 0 Å². The molecular weight excluding hydrogens is 384 g/mol. The van der Waals surface area contributed by atoms with Gasteiger partial charge in [-0.2, -0.15) is 0 Å². The molecule has 1 saturated heterocycles. The van der Waals surface area contributed by atoms with E-state index < -0.39 is 0 Å². The minimum Gasteiger partial charge on any atom is -0.497 e. The summed E-state index contributed by atoms with van der Waals surface area (Å²) in [6.07, 6.45) is 1.06. The quantitative estimate of drug-likeness (QED) is 0.709. The maximum atomic E-state index is 5.74. The van der Waals surface area contributed by atoms with Crippen molar-refractivity contribution in [1.29, 1.82) is 0 Å². The second kappa shape index (κ2) is 10.4. The molecule has 0 amide bonds. The van der Waals surface area contributed by atoms with Crippen LogP contribution in [-0.4, -0.2) is 66.6 Å². The van der Waals surface area contributed by atoms with Crippen LogP contribution in [0.15, 0.2) is 30.3 Å². The summed E-state index contributed by atoms with van der Waals surface area (Å²) in [4.78, 5) is 2.46. The molecule has 0 bridgehead atoms. The van der Waals surface area contributed by atoms with E-state index in [-0.39, 0.29) is 6.04 Å². The number of ether oxygens (including phenoxy) is 5. The van der Waals surface area contributed by atoms with E-state index in [1.165, 1.54) is 0 Å². The third-order valence-corrected chi connectivity index (χ3v) is 5.47. The lowest BCUT2D eigenvalue weighted by atomic mass is 9.94. The standard InChI is InChI=1S/C23H32N2O5/c1-26-17-7-8-19(27-2)18(15-17)22(25-11-6-9-24-10-12-25)16-13-20(28-3)23(30-5)21(14-16)29-4/h7-8,13-15,22,24H,6,9-12H2,1-5H3. The molecule has 7 heteroatoms. The van der Waals surface area contributed by atoms with Crippen LogP contribution < -0.4 is 29.0 Å². The molecule has 164 valence electrons. The Labute approximate surface area is 178 Å². The van der Waals surface area contributed by atoms with Crippen molar-refractivity contribution in [1.82, 2.24) is 10.2 Å². The Balaban J connectivity index is 2.20. The third-order valence-electron chi connectivity index (χ3n) is 5.47. The molecule has 0 spiro atoms. The van der Waals surface area contributed by atoms with E-state index in [0.717, 1.165) is 55.2 Å². The Morgan fingerprint density at radius 1 is 0.767 bits per heavy atom. The summed E-state index contributed by atoms with van der Waals surface area (Å²) in [5, 5.41) is 3.48. The second-order valence-corrected chi connectivity index (χ2v) is 7.11. The summed E-state index contributed by atoms with van der Waals surface area (Å²) in [7, 11) is 8.26. The van der Waals surface area contributed by atoms with Crippen LogP contribution in [0.1, 0.15) is 23.6 Å². The largest absolute Gasteiger partial charge is 0.497 e. The maximum Gasteiger partial charge on any atom is 0.203 e. The average Bonchev–Trinajstić information content (AvgIpc) is 3.07. The Morgan fingerprint density at radius 2 is 1.47 bits per heavy atom. The van der Waals surface area contributed by atoms with Crippen molar-refractivity contribution in [2.24, 2.45) is 0 Å². The summed E-state index contributed by atoms with van der Waals surface area (Å²) >= 11 is 0. The summed E-state index contributed by atoms with van der Waals surface area (Å²) < 4.78 is 28.0. The average molecular weight is 417 g/mol. The monoisotopic (exact) mass is 416 g/mol. The lowest BCUT2D eigenvalue weighted by Crippen LogP contribution is -2.33. The highest BCUT2D eigenvalue weighted by atomic mass is 16.5. The number of rotatable bonds is 8. The molecule has 1 unspecified atom stereocenters. The Bertz CT molecular complexity index is 809. The molecule has 1 aliphatic rings. The molecular formula is C23H32N2O5. The van der Waals surface area contributed by atoms with Gasteiger partial charge in [0, 0.05) is 25.2 Å². The fourth-order valence-corrected chi connectivity index (χ4v) is 4.02. The van der Waals surface area contributed by atoms with Gasteiger partial charge < -0.3 is 29.0 Å². The topological polar surface area (TPSA) is 61.4 Å². The van der Waals surface area contributed by atoms with E-state index in [1.54, 1.807) is 35.5 Å². The number of methoxy groups -OCH3 is 5. The Morgan fingerprint density at radius 3 is 2.07 bits per heavy atom. The number of hydrogen-bond acceptors (Lipinski definition) is 7. The minimum absolute atomic E-state index is 0.0661. The van der Waals surface area contributed by atoms with Gasteiger partial charge in [-0.3, -0.25) is 4.90 Å². The molecule has 1 aliphatic heterocycles. The van der Waals surface area contributed by atoms with Crippen LogP contribution in [0.3, 0.4) is 0 Å². The Hall–Kier alpha value is -2.64. The second-order valence-electron chi connectivity index (χ2n) is 7.11. The fraction of sp³-hybridized carbons (Fsp3) is 0.478. The van der Waals surface area contributed by atoms with Crippen molar-refractivity contribution >= 4 is 0 Å². The SMILES string of the molecule is COc1ccc(OC)c(C(c2cc(OC)c(OC)c(OC)c2)N2CCCNCC2)c1. The number of hydrogen-bond donors (Lipinski definition) is 1. The normalized spacial score (nSPS) is 15.8. The van der Waals surface area contributed by atoms with Crippen molar-refractivity contribution in [2.45, 2.75) is 12.5 Å². The molecule has 0 aliphatic carbocycles. The first-order valence-corrected chi connectivity index (χ1v) is 10.1. The molecule has 2 aromatic rings. The molecule has 1 heterocycles. The molecule has 1 atom stereocenters. The summed E-state index contributed by atoms with van der Waals surface area (Å²) in [5.74, 6) is 3.44. The van der Waals surface area contributed by atoms with Crippen molar-refractivity contribution in [2.75, 3.05) is 61.7 Å². The fourth-order valence-electron chi connectivity index (χ4n) is 4.02. The molecule has 1 N–H and O–H groups in total. The summed E-state index contributed by atoms with van der Waals surface area (Å²) in [6, 6.07) is 9.88. The van der Waals surface area contributed by atoms with Gasteiger partial charge in [0.2, 0.25) is 5.75 Å². The zero-order chi connectivity index (χ0) is 21.5. The zero-order valence-electron chi connectivity index (χ0n) is 18.5. The Kier molecular flexibility index (Phi) is 7.65. The molecule has 2 aromatic carbocycles. The number of nitrogens with one attached hydrogen (secondary N) is 1. The first-order valence-electron chi connectivity index (χ1n) is 10.1. The first-order chi connectivity index (χ1) is 14.7. The van der Waals surface area contributed by atoms with Crippen molar-refractivity contribution < 1.29 is 23.7 Å². The highest BCUT2D eigenvalue weighted by Gasteiger charge is 2.29. The van der Waals surface area contributed by atoms with Crippen LogP contribution in [0.2, 0.25) is 0 Å². The molecule has 0 saturated carbocycles. The molecule has 0 radical (unpaired) electrons. The van der Waals surface area contributed by atoms with Crippen molar-refractivity contribution in [3.63, 3.8) is 0 Å². The van der Waals surface area contributed by atoms with Crippen molar-refractivity contribution in [3.8, 4) is 28.7 Å². The van der Waals surface area contributed by atoms with Crippen LogP contribution in [0.5, 0.6) is 28.7 Å². The van der Waals surface area contributed by atoms with Gasteiger partial charge in [-0.1, -0.05) is 0 Å². The van der Waals surface area contributed by atoms with Gasteiger partial charge >= 0.3 is 0 Å². The molecule has 0 aromatic heterocycles. The predicted molar refractivity (Wildman–Crippen MR) is 117 cm³/mol. The van der Waals surface area contributed by atoms with Crippen LogP contribution in [0, 0.1) is 0 Å². The maximum absolute atomic E-state index is 5.74. The first kappa shape index (κ1) is 22.1. The van der Waals surface area contributed by atoms with Gasteiger partial charge in [0.15, 0.2) is 11.5 Å². The van der Waals surface area contributed by atoms with Gasteiger partial charge in [0.05, 0.1) is 41.6 Å². The van der Waals surface area contributed by atoms with Gasteiger partial charge in [0.25, 0.3) is 0 Å². The molecule has 1 fully saturated rings. The van der Waals surface area contributed by atoms with Gasteiger partial charge in [-0.25, -0.2) is 0 Å². The molecule has 3 rings (SSSR count). The number of benzene rings is 2. The van der Waals surface area contributed by atoms with E-state index in [4.69, 9.17) is 23.7 Å². The number of nitrogens with zero attached hydrogens (tertiary/aromatic N) is 1. The van der Waals surface area contributed by atoms with Gasteiger partial charge in [-0.15, -0.1) is 0 Å².